The molecule has 0 saturated heterocycles. The van der Waals surface area contributed by atoms with E-state index in [1.165, 1.54) is 6.42 Å². The zero-order chi connectivity index (χ0) is 16.5. The van der Waals surface area contributed by atoms with Gasteiger partial charge in [0.2, 0.25) is 0 Å². The Balaban J connectivity index is 3.89. The smallest absolute Gasteiger partial charge is 0.0787 e. The molecule has 0 saturated carbocycles. The molecule has 0 aromatic carbocycles. The standard InChI is InChI=1S/C17H36O4/c1-13(2)8-9-17(6,7)21-16(5)12-20-15(4)11-19-14(3)10-18/h13-16,18H,8-12H2,1-7H3. The predicted molar refractivity (Wildman–Crippen MR) is 86.6 cm³/mol. The normalized spacial score (nSPS) is 17.0. The largest absolute Gasteiger partial charge is 0.394 e. The third-order valence-corrected chi connectivity index (χ3v) is 3.33. The van der Waals surface area contributed by atoms with Crippen LogP contribution in [-0.4, -0.2) is 48.8 Å². The van der Waals surface area contributed by atoms with Crippen molar-refractivity contribution in [3.8, 4) is 0 Å². The van der Waals surface area contributed by atoms with Gasteiger partial charge in [0, 0.05) is 0 Å². The number of hydrogen-bond acceptors (Lipinski definition) is 4. The molecule has 0 aromatic rings. The Morgan fingerprint density at radius 2 is 1.38 bits per heavy atom. The Morgan fingerprint density at radius 1 is 0.857 bits per heavy atom. The van der Waals surface area contributed by atoms with E-state index in [1.807, 2.05) is 20.8 Å². The van der Waals surface area contributed by atoms with Crippen LogP contribution in [0.1, 0.15) is 61.3 Å². The minimum absolute atomic E-state index is 0.00354. The maximum atomic E-state index is 8.90. The van der Waals surface area contributed by atoms with Gasteiger partial charge in [0.1, 0.15) is 0 Å². The molecule has 3 atom stereocenters. The summed E-state index contributed by atoms with van der Waals surface area (Å²) in [4.78, 5) is 0. The molecule has 0 aliphatic heterocycles. The van der Waals surface area contributed by atoms with Gasteiger partial charge in [-0.1, -0.05) is 13.8 Å². The number of hydrogen-bond donors (Lipinski definition) is 1. The summed E-state index contributed by atoms with van der Waals surface area (Å²) in [5.74, 6) is 0.699. The minimum Gasteiger partial charge on any atom is -0.394 e. The van der Waals surface area contributed by atoms with Gasteiger partial charge in [-0.25, -0.2) is 0 Å². The van der Waals surface area contributed by atoms with E-state index in [0.29, 0.717) is 19.1 Å². The first-order chi connectivity index (χ1) is 9.66. The fraction of sp³-hybridized carbons (Fsp3) is 1.00. The summed E-state index contributed by atoms with van der Waals surface area (Å²) >= 11 is 0. The highest BCUT2D eigenvalue weighted by Crippen LogP contribution is 2.21. The van der Waals surface area contributed by atoms with E-state index < -0.39 is 0 Å². The van der Waals surface area contributed by atoms with Crippen molar-refractivity contribution >= 4 is 0 Å². The highest BCUT2D eigenvalue weighted by Gasteiger charge is 2.22. The molecule has 1 N–H and O–H groups in total. The molecular weight excluding hydrogens is 268 g/mol. The van der Waals surface area contributed by atoms with E-state index in [0.717, 1.165) is 6.42 Å². The zero-order valence-corrected chi connectivity index (χ0v) is 15.0. The van der Waals surface area contributed by atoms with Gasteiger partial charge in [-0.3, -0.25) is 0 Å². The Bertz CT molecular complexity index is 253. The molecule has 4 nitrogen and oxygen atoms in total. The van der Waals surface area contributed by atoms with Gasteiger partial charge in [-0.05, 0) is 53.4 Å². The summed E-state index contributed by atoms with van der Waals surface area (Å²) in [5, 5.41) is 8.90. The molecule has 0 aromatic heterocycles. The third-order valence-electron chi connectivity index (χ3n) is 3.33. The lowest BCUT2D eigenvalue weighted by atomic mass is 9.97. The maximum Gasteiger partial charge on any atom is 0.0787 e. The molecule has 21 heavy (non-hydrogen) atoms. The Morgan fingerprint density at radius 3 is 1.90 bits per heavy atom. The van der Waals surface area contributed by atoms with E-state index in [1.54, 1.807) is 0 Å². The van der Waals surface area contributed by atoms with Crippen molar-refractivity contribution in [1.82, 2.24) is 0 Å². The van der Waals surface area contributed by atoms with Gasteiger partial charge in [0.25, 0.3) is 0 Å². The van der Waals surface area contributed by atoms with Gasteiger partial charge >= 0.3 is 0 Å². The quantitative estimate of drug-likeness (QED) is 0.600. The summed E-state index contributed by atoms with van der Waals surface area (Å²) in [5.41, 5.74) is -0.113. The van der Waals surface area contributed by atoms with Crippen LogP contribution in [0.15, 0.2) is 0 Å². The van der Waals surface area contributed by atoms with E-state index in [2.05, 4.69) is 27.7 Å². The van der Waals surface area contributed by atoms with Crippen molar-refractivity contribution < 1.29 is 19.3 Å². The average Bonchev–Trinajstić information content (AvgIpc) is 2.39. The van der Waals surface area contributed by atoms with E-state index in [-0.39, 0.29) is 30.5 Å². The van der Waals surface area contributed by atoms with Crippen LogP contribution in [0, 0.1) is 5.92 Å². The predicted octanol–water partition coefficient (Wildman–Crippen LogP) is 3.41. The van der Waals surface area contributed by atoms with Crippen LogP contribution in [0.25, 0.3) is 0 Å². The van der Waals surface area contributed by atoms with Crippen molar-refractivity contribution in [2.75, 3.05) is 19.8 Å². The number of aliphatic hydroxyl groups excluding tert-OH is 1. The lowest BCUT2D eigenvalue weighted by molar-refractivity contribution is -0.119. The minimum atomic E-state index is -0.139. The summed E-state index contributed by atoms with van der Waals surface area (Å²) in [6, 6.07) is 0. The van der Waals surface area contributed by atoms with Gasteiger partial charge in [-0.2, -0.15) is 0 Å². The van der Waals surface area contributed by atoms with Crippen LogP contribution < -0.4 is 0 Å². The van der Waals surface area contributed by atoms with Crippen molar-refractivity contribution in [2.45, 2.75) is 85.2 Å². The second-order valence-corrected chi connectivity index (χ2v) is 7.09. The van der Waals surface area contributed by atoms with Crippen molar-refractivity contribution in [1.29, 1.82) is 0 Å². The van der Waals surface area contributed by atoms with Gasteiger partial charge < -0.3 is 19.3 Å². The monoisotopic (exact) mass is 304 g/mol. The fourth-order valence-electron chi connectivity index (χ4n) is 1.97. The Hall–Kier alpha value is -0.160. The van der Waals surface area contributed by atoms with Crippen LogP contribution in [0.2, 0.25) is 0 Å². The molecular formula is C17H36O4. The molecule has 0 amide bonds. The summed E-state index contributed by atoms with van der Waals surface area (Å²) in [6.07, 6.45) is 2.15. The molecule has 3 unspecified atom stereocenters. The molecule has 0 spiro atoms. The number of rotatable bonds is 12. The molecule has 0 aliphatic rings. The number of ether oxygens (including phenoxy) is 3. The molecule has 0 bridgehead atoms. The molecule has 0 fully saturated rings. The lowest BCUT2D eigenvalue weighted by Crippen LogP contribution is -2.33. The molecule has 128 valence electrons. The molecule has 0 heterocycles. The van der Waals surface area contributed by atoms with Crippen LogP contribution in [-0.2, 0) is 14.2 Å². The molecule has 0 aliphatic carbocycles. The average molecular weight is 304 g/mol. The van der Waals surface area contributed by atoms with Crippen molar-refractivity contribution in [3.05, 3.63) is 0 Å². The van der Waals surface area contributed by atoms with Gasteiger partial charge in [0.15, 0.2) is 0 Å². The van der Waals surface area contributed by atoms with Gasteiger partial charge in [-0.15, -0.1) is 0 Å². The van der Waals surface area contributed by atoms with Crippen LogP contribution in [0.4, 0.5) is 0 Å². The molecule has 0 radical (unpaired) electrons. The first-order valence-electron chi connectivity index (χ1n) is 8.18. The highest BCUT2D eigenvalue weighted by atomic mass is 16.6. The second-order valence-electron chi connectivity index (χ2n) is 7.09. The number of aliphatic hydroxyl groups is 1. The van der Waals surface area contributed by atoms with Crippen molar-refractivity contribution in [2.24, 2.45) is 5.92 Å². The Kier molecular flexibility index (Phi) is 10.5. The summed E-state index contributed by atoms with van der Waals surface area (Å²) in [6.45, 7) is 15.7. The lowest BCUT2D eigenvalue weighted by Gasteiger charge is -2.30. The second kappa shape index (κ2) is 10.5. The molecule has 0 rings (SSSR count). The fourth-order valence-corrected chi connectivity index (χ4v) is 1.97. The zero-order valence-electron chi connectivity index (χ0n) is 15.0. The van der Waals surface area contributed by atoms with Crippen LogP contribution in [0.5, 0.6) is 0 Å². The highest BCUT2D eigenvalue weighted by molar-refractivity contribution is 4.71. The van der Waals surface area contributed by atoms with Gasteiger partial charge in [0.05, 0.1) is 43.7 Å². The SMILES string of the molecule is CC(C)CCC(C)(C)OC(C)COC(C)COC(C)CO. The first-order valence-corrected chi connectivity index (χ1v) is 8.18. The Labute approximate surface area is 131 Å². The van der Waals surface area contributed by atoms with Crippen LogP contribution >= 0.6 is 0 Å². The summed E-state index contributed by atoms with van der Waals surface area (Å²) in [7, 11) is 0. The maximum absolute atomic E-state index is 8.90. The third kappa shape index (κ3) is 12.1. The van der Waals surface area contributed by atoms with Crippen LogP contribution in [0.3, 0.4) is 0 Å². The van der Waals surface area contributed by atoms with E-state index in [4.69, 9.17) is 19.3 Å². The molecule has 4 heteroatoms. The topological polar surface area (TPSA) is 47.9 Å². The summed E-state index contributed by atoms with van der Waals surface area (Å²) < 4.78 is 17.3. The van der Waals surface area contributed by atoms with E-state index in [9.17, 15) is 0 Å². The first kappa shape index (κ1) is 20.8. The van der Waals surface area contributed by atoms with Crippen molar-refractivity contribution in [3.63, 3.8) is 0 Å². The van der Waals surface area contributed by atoms with E-state index >= 15 is 0 Å².